The van der Waals surface area contributed by atoms with Gasteiger partial charge < -0.3 is 16.8 Å². The zero-order chi connectivity index (χ0) is 12.1. The molecule has 0 aliphatic heterocycles. The molecule has 0 bridgehead atoms. The molecule has 6 heteroatoms. The van der Waals surface area contributed by atoms with Crippen molar-refractivity contribution in [2.24, 2.45) is 11.5 Å². The molecule has 0 saturated heterocycles. The molecule has 1 atom stereocenters. The van der Waals surface area contributed by atoms with Crippen LogP contribution in [0.15, 0.2) is 28.7 Å². The lowest BCUT2D eigenvalue weighted by Gasteiger charge is -2.14. The van der Waals surface area contributed by atoms with Crippen LogP contribution >= 0.6 is 15.9 Å². The van der Waals surface area contributed by atoms with Crippen LogP contribution in [0.2, 0.25) is 0 Å². The Bertz CT molecular complexity index is 392. The fourth-order valence-electron chi connectivity index (χ4n) is 1.17. The summed E-state index contributed by atoms with van der Waals surface area (Å²) in [6.45, 7) is 0. The minimum atomic E-state index is -0.779. The molecule has 0 saturated carbocycles. The van der Waals surface area contributed by atoms with E-state index in [1.165, 1.54) is 0 Å². The van der Waals surface area contributed by atoms with Crippen molar-refractivity contribution < 1.29 is 9.59 Å². The highest BCUT2D eigenvalue weighted by Crippen LogP contribution is 2.15. The normalized spacial score (nSPS) is 11.8. The summed E-state index contributed by atoms with van der Waals surface area (Å²) in [6.07, 6.45) is -0.120. The number of rotatable bonds is 5. The van der Waals surface area contributed by atoms with Gasteiger partial charge in [0, 0.05) is 10.2 Å². The number of primary amides is 2. The molecular formula is C10H12BrN3O2. The molecule has 0 spiro atoms. The summed E-state index contributed by atoms with van der Waals surface area (Å²) in [4.78, 5) is 21.8. The Balaban J connectivity index is 2.71. The molecule has 1 aromatic rings. The Labute approximate surface area is 101 Å². The van der Waals surface area contributed by atoms with E-state index in [4.69, 9.17) is 11.5 Å². The molecule has 86 valence electrons. The first-order valence-electron chi connectivity index (χ1n) is 4.59. The van der Waals surface area contributed by atoms with Crippen LogP contribution in [0.1, 0.15) is 6.42 Å². The van der Waals surface area contributed by atoms with Crippen molar-refractivity contribution in [2.45, 2.75) is 12.5 Å². The van der Waals surface area contributed by atoms with Crippen LogP contribution < -0.4 is 16.8 Å². The lowest BCUT2D eigenvalue weighted by molar-refractivity contribution is -0.123. The van der Waals surface area contributed by atoms with E-state index in [2.05, 4.69) is 21.2 Å². The number of carbonyl (C=O) groups is 2. The number of amides is 2. The largest absolute Gasteiger partial charge is 0.373 e. The van der Waals surface area contributed by atoms with E-state index in [0.29, 0.717) is 5.69 Å². The van der Waals surface area contributed by atoms with Gasteiger partial charge in [-0.3, -0.25) is 9.59 Å². The summed E-state index contributed by atoms with van der Waals surface area (Å²) in [6, 6.07) is 6.37. The third kappa shape index (κ3) is 3.90. The molecule has 0 aliphatic rings. The highest BCUT2D eigenvalue weighted by molar-refractivity contribution is 9.10. The zero-order valence-electron chi connectivity index (χ0n) is 8.44. The number of hydrogen-bond acceptors (Lipinski definition) is 3. The van der Waals surface area contributed by atoms with Crippen LogP contribution in [0.5, 0.6) is 0 Å². The molecule has 5 N–H and O–H groups in total. The second-order valence-electron chi connectivity index (χ2n) is 3.28. The van der Waals surface area contributed by atoms with E-state index >= 15 is 0 Å². The number of hydrogen-bond donors (Lipinski definition) is 3. The molecule has 0 fully saturated rings. The van der Waals surface area contributed by atoms with Gasteiger partial charge in [-0.25, -0.2) is 0 Å². The van der Waals surface area contributed by atoms with Crippen LogP contribution in [0.25, 0.3) is 0 Å². The summed E-state index contributed by atoms with van der Waals surface area (Å²) in [5.41, 5.74) is 10.9. The molecule has 1 aromatic carbocycles. The highest BCUT2D eigenvalue weighted by atomic mass is 79.9. The molecule has 0 radical (unpaired) electrons. The van der Waals surface area contributed by atoms with Crippen LogP contribution in [0.4, 0.5) is 5.69 Å². The summed E-state index contributed by atoms with van der Waals surface area (Å²) < 4.78 is 0.920. The lowest BCUT2D eigenvalue weighted by Crippen LogP contribution is -2.38. The van der Waals surface area contributed by atoms with Gasteiger partial charge in [-0.1, -0.05) is 15.9 Å². The SMILES string of the molecule is NC(=O)CC(Nc1ccc(Br)cc1)C(N)=O. The van der Waals surface area contributed by atoms with Gasteiger partial charge in [0.15, 0.2) is 0 Å². The second-order valence-corrected chi connectivity index (χ2v) is 4.19. The molecule has 0 aromatic heterocycles. The molecule has 2 amide bonds. The smallest absolute Gasteiger partial charge is 0.240 e. The molecule has 0 heterocycles. The first-order chi connectivity index (χ1) is 7.49. The number of halogens is 1. The Morgan fingerprint density at radius 1 is 1.25 bits per heavy atom. The Morgan fingerprint density at radius 3 is 2.25 bits per heavy atom. The molecule has 5 nitrogen and oxygen atoms in total. The molecule has 0 aliphatic carbocycles. The number of carbonyl (C=O) groups excluding carboxylic acids is 2. The monoisotopic (exact) mass is 285 g/mol. The maximum Gasteiger partial charge on any atom is 0.240 e. The fourth-order valence-corrected chi connectivity index (χ4v) is 1.44. The first-order valence-corrected chi connectivity index (χ1v) is 5.38. The average molecular weight is 286 g/mol. The van der Waals surface area contributed by atoms with Crippen molar-refractivity contribution in [3.63, 3.8) is 0 Å². The Morgan fingerprint density at radius 2 is 1.81 bits per heavy atom. The van der Waals surface area contributed by atoms with Gasteiger partial charge in [-0.15, -0.1) is 0 Å². The quantitative estimate of drug-likeness (QED) is 0.738. The lowest BCUT2D eigenvalue weighted by atomic mass is 10.1. The number of benzene rings is 1. The van der Waals surface area contributed by atoms with Crippen molar-refractivity contribution >= 4 is 33.4 Å². The van der Waals surface area contributed by atoms with Gasteiger partial charge in [0.25, 0.3) is 0 Å². The van der Waals surface area contributed by atoms with Crippen LogP contribution in [-0.2, 0) is 9.59 Å². The van der Waals surface area contributed by atoms with Crippen molar-refractivity contribution in [3.05, 3.63) is 28.7 Å². The van der Waals surface area contributed by atoms with Crippen molar-refractivity contribution in [2.75, 3.05) is 5.32 Å². The van der Waals surface area contributed by atoms with E-state index in [1.54, 1.807) is 12.1 Å². The molecule has 16 heavy (non-hydrogen) atoms. The highest BCUT2D eigenvalue weighted by Gasteiger charge is 2.17. The third-order valence-electron chi connectivity index (χ3n) is 1.93. The first kappa shape index (κ1) is 12.5. The van der Waals surface area contributed by atoms with Crippen molar-refractivity contribution in [1.29, 1.82) is 0 Å². The number of nitrogens with two attached hydrogens (primary N) is 2. The summed E-state index contributed by atoms with van der Waals surface area (Å²) in [5.74, 6) is -1.19. The van der Waals surface area contributed by atoms with Crippen molar-refractivity contribution in [1.82, 2.24) is 0 Å². The molecule has 1 rings (SSSR count). The van der Waals surface area contributed by atoms with E-state index in [1.807, 2.05) is 12.1 Å². The second kappa shape index (κ2) is 5.50. The topological polar surface area (TPSA) is 98.2 Å². The maximum absolute atomic E-state index is 11.0. The van der Waals surface area contributed by atoms with Gasteiger partial charge in [-0.05, 0) is 24.3 Å². The van der Waals surface area contributed by atoms with Crippen LogP contribution in [0.3, 0.4) is 0 Å². The predicted molar refractivity (Wildman–Crippen MR) is 64.6 cm³/mol. The number of nitrogens with one attached hydrogen (secondary N) is 1. The van der Waals surface area contributed by atoms with Gasteiger partial charge >= 0.3 is 0 Å². The van der Waals surface area contributed by atoms with Gasteiger partial charge in [-0.2, -0.15) is 0 Å². The Kier molecular flexibility index (Phi) is 4.30. The van der Waals surface area contributed by atoms with E-state index in [9.17, 15) is 9.59 Å². The van der Waals surface area contributed by atoms with E-state index in [-0.39, 0.29) is 6.42 Å². The van der Waals surface area contributed by atoms with E-state index < -0.39 is 17.9 Å². The minimum absolute atomic E-state index is 0.120. The summed E-state index contributed by atoms with van der Waals surface area (Å²) in [7, 11) is 0. The van der Waals surface area contributed by atoms with Crippen LogP contribution in [-0.4, -0.2) is 17.9 Å². The third-order valence-corrected chi connectivity index (χ3v) is 2.46. The van der Waals surface area contributed by atoms with Gasteiger partial charge in [0.05, 0.1) is 6.42 Å². The fraction of sp³-hybridized carbons (Fsp3) is 0.200. The average Bonchev–Trinajstić information content (AvgIpc) is 2.19. The predicted octanol–water partition coefficient (Wildman–Crippen LogP) is 0.590. The summed E-state index contributed by atoms with van der Waals surface area (Å²) in [5, 5.41) is 2.84. The summed E-state index contributed by atoms with van der Waals surface area (Å²) >= 11 is 3.29. The molecule has 1 unspecified atom stereocenters. The minimum Gasteiger partial charge on any atom is -0.373 e. The maximum atomic E-state index is 11.0. The van der Waals surface area contributed by atoms with Gasteiger partial charge in [0.1, 0.15) is 6.04 Å². The molecular weight excluding hydrogens is 274 g/mol. The van der Waals surface area contributed by atoms with Crippen LogP contribution in [0, 0.1) is 0 Å². The standard InChI is InChI=1S/C10H12BrN3O2/c11-6-1-3-7(4-2-6)14-8(10(13)16)5-9(12)15/h1-4,8,14H,5H2,(H2,12,15)(H2,13,16). The Hall–Kier alpha value is -1.56. The van der Waals surface area contributed by atoms with Crippen molar-refractivity contribution in [3.8, 4) is 0 Å². The number of anilines is 1. The van der Waals surface area contributed by atoms with E-state index in [0.717, 1.165) is 4.47 Å². The zero-order valence-corrected chi connectivity index (χ0v) is 10.0. The van der Waals surface area contributed by atoms with Gasteiger partial charge in [0.2, 0.25) is 11.8 Å².